The van der Waals surface area contributed by atoms with Crippen LogP contribution >= 0.6 is 0 Å². The lowest BCUT2D eigenvalue weighted by atomic mass is 10.2. The van der Waals surface area contributed by atoms with Crippen molar-refractivity contribution in [3.05, 3.63) is 23.8 Å². The summed E-state index contributed by atoms with van der Waals surface area (Å²) in [5.74, 6) is 0.411. The van der Waals surface area contributed by atoms with Crippen molar-refractivity contribution in [1.29, 1.82) is 0 Å². The summed E-state index contributed by atoms with van der Waals surface area (Å²) in [6, 6.07) is 5.04. The third-order valence-corrected chi connectivity index (χ3v) is 2.03. The third-order valence-electron chi connectivity index (χ3n) is 2.03. The van der Waals surface area contributed by atoms with Crippen LogP contribution in [0.5, 0.6) is 5.75 Å². The van der Waals surface area contributed by atoms with Gasteiger partial charge in [0.15, 0.2) is 0 Å². The second-order valence-corrected chi connectivity index (χ2v) is 3.48. The fraction of sp³-hybridized carbons (Fsp3) is 0.364. The highest BCUT2D eigenvalue weighted by Gasteiger charge is 2.10. The van der Waals surface area contributed by atoms with E-state index in [1.54, 1.807) is 14.0 Å². The molecule has 4 nitrogen and oxygen atoms in total. The van der Waals surface area contributed by atoms with Crippen molar-refractivity contribution in [3.8, 4) is 5.75 Å². The second-order valence-electron chi connectivity index (χ2n) is 3.48. The van der Waals surface area contributed by atoms with Crippen LogP contribution in [-0.4, -0.2) is 19.1 Å². The number of ether oxygens (including phenoxy) is 1. The Labute approximate surface area is 89.4 Å². The van der Waals surface area contributed by atoms with Gasteiger partial charge < -0.3 is 15.8 Å². The maximum atomic E-state index is 11.4. The van der Waals surface area contributed by atoms with Crippen molar-refractivity contribution in [2.24, 2.45) is 5.73 Å². The van der Waals surface area contributed by atoms with Crippen molar-refractivity contribution in [2.45, 2.75) is 19.9 Å². The lowest BCUT2D eigenvalue weighted by Gasteiger charge is -2.12. The summed E-state index contributed by atoms with van der Waals surface area (Å²) in [5, 5.41) is 2.71. The van der Waals surface area contributed by atoms with Crippen LogP contribution in [-0.2, 0) is 4.79 Å². The normalized spacial score (nSPS) is 12.0. The summed E-state index contributed by atoms with van der Waals surface area (Å²) in [5.41, 5.74) is 7.16. The maximum absolute atomic E-state index is 11.4. The fourth-order valence-electron chi connectivity index (χ4n) is 1.17. The average Bonchev–Trinajstić information content (AvgIpc) is 2.18. The quantitative estimate of drug-likeness (QED) is 0.786. The number of carbonyl (C=O) groups excluding carboxylic acids is 1. The molecule has 0 aliphatic heterocycles. The zero-order valence-electron chi connectivity index (χ0n) is 9.20. The van der Waals surface area contributed by atoms with Gasteiger partial charge in [0.1, 0.15) is 5.75 Å². The van der Waals surface area contributed by atoms with Gasteiger partial charge in [-0.2, -0.15) is 0 Å². The number of hydrogen-bond donors (Lipinski definition) is 2. The van der Waals surface area contributed by atoms with E-state index in [0.717, 1.165) is 5.56 Å². The van der Waals surface area contributed by atoms with Crippen molar-refractivity contribution in [3.63, 3.8) is 0 Å². The van der Waals surface area contributed by atoms with E-state index < -0.39 is 6.04 Å². The molecule has 0 unspecified atom stereocenters. The number of benzene rings is 1. The van der Waals surface area contributed by atoms with E-state index in [1.807, 2.05) is 25.1 Å². The van der Waals surface area contributed by atoms with E-state index >= 15 is 0 Å². The summed E-state index contributed by atoms with van der Waals surface area (Å²) >= 11 is 0. The zero-order valence-corrected chi connectivity index (χ0v) is 9.20. The molecule has 15 heavy (non-hydrogen) atoms. The summed E-state index contributed by atoms with van der Waals surface area (Å²) in [4.78, 5) is 11.4. The largest absolute Gasteiger partial charge is 0.495 e. The molecule has 1 aromatic carbocycles. The first-order chi connectivity index (χ1) is 7.04. The highest BCUT2D eigenvalue weighted by atomic mass is 16.5. The molecule has 1 aromatic rings. The number of amides is 1. The molecule has 0 aliphatic rings. The molecule has 0 saturated heterocycles. The van der Waals surface area contributed by atoms with Crippen molar-refractivity contribution in [1.82, 2.24) is 0 Å². The Balaban J connectivity index is 2.92. The smallest absolute Gasteiger partial charge is 0.241 e. The molecule has 0 aliphatic carbocycles. The molecule has 0 heterocycles. The molecule has 1 amide bonds. The van der Waals surface area contributed by atoms with Crippen LogP contribution in [0.4, 0.5) is 5.69 Å². The SMILES string of the molecule is COc1ccc(C)cc1NC(=O)[C@@H](C)N. The topological polar surface area (TPSA) is 64.3 Å². The van der Waals surface area contributed by atoms with Gasteiger partial charge in [-0.15, -0.1) is 0 Å². The Morgan fingerprint density at radius 2 is 2.20 bits per heavy atom. The number of nitrogens with two attached hydrogens (primary N) is 1. The average molecular weight is 208 g/mol. The first kappa shape index (κ1) is 11.5. The summed E-state index contributed by atoms with van der Waals surface area (Å²) in [6.45, 7) is 3.58. The Morgan fingerprint density at radius 1 is 1.53 bits per heavy atom. The summed E-state index contributed by atoms with van der Waals surface area (Å²) in [7, 11) is 1.56. The monoisotopic (exact) mass is 208 g/mol. The number of anilines is 1. The van der Waals surface area contributed by atoms with Gasteiger partial charge >= 0.3 is 0 Å². The number of hydrogen-bond acceptors (Lipinski definition) is 3. The first-order valence-corrected chi connectivity index (χ1v) is 4.75. The van der Waals surface area contributed by atoms with Crippen LogP contribution in [0.3, 0.4) is 0 Å². The predicted molar refractivity (Wildman–Crippen MR) is 60.0 cm³/mol. The van der Waals surface area contributed by atoms with Gasteiger partial charge in [-0.25, -0.2) is 0 Å². The van der Waals surface area contributed by atoms with Gasteiger partial charge in [-0.05, 0) is 31.5 Å². The molecule has 1 atom stereocenters. The van der Waals surface area contributed by atoms with E-state index in [1.165, 1.54) is 0 Å². The molecule has 82 valence electrons. The molecule has 0 radical (unpaired) electrons. The van der Waals surface area contributed by atoms with Crippen LogP contribution in [0, 0.1) is 6.92 Å². The van der Waals surface area contributed by atoms with E-state index in [-0.39, 0.29) is 5.91 Å². The summed E-state index contributed by atoms with van der Waals surface area (Å²) in [6.07, 6.45) is 0. The fourth-order valence-corrected chi connectivity index (χ4v) is 1.17. The Kier molecular flexibility index (Phi) is 3.68. The Bertz CT molecular complexity index is 362. The van der Waals surface area contributed by atoms with Crippen molar-refractivity contribution in [2.75, 3.05) is 12.4 Å². The van der Waals surface area contributed by atoms with E-state index in [0.29, 0.717) is 11.4 Å². The van der Waals surface area contributed by atoms with Crippen molar-refractivity contribution < 1.29 is 9.53 Å². The lowest BCUT2D eigenvalue weighted by molar-refractivity contribution is -0.117. The molecule has 0 aromatic heterocycles. The second kappa shape index (κ2) is 4.79. The molecule has 0 spiro atoms. The molecular weight excluding hydrogens is 192 g/mol. The molecule has 0 saturated carbocycles. The predicted octanol–water partition coefficient (Wildman–Crippen LogP) is 1.29. The van der Waals surface area contributed by atoms with E-state index in [4.69, 9.17) is 10.5 Å². The highest BCUT2D eigenvalue weighted by molar-refractivity contribution is 5.95. The minimum Gasteiger partial charge on any atom is -0.495 e. The highest BCUT2D eigenvalue weighted by Crippen LogP contribution is 2.25. The molecule has 0 fully saturated rings. The van der Waals surface area contributed by atoms with Crippen LogP contribution in [0.25, 0.3) is 0 Å². The molecule has 3 N–H and O–H groups in total. The number of aryl methyl sites for hydroxylation is 1. The zero-order chi connectivity index (χ0) is 11.4. The van der Waals surface area contributed by atoms with Gasteiger partial charge in [-0.3, -0.25) is 4.79 Å². The lowest BCUT2D eigenvalue weighted by Crippen LogP contribution is -2.32. The van der Waals surface area contributed by atoms with Gasteiger partial charge in [-0.1, -0.05) is 6.07 Å². The van der Waals surface area contributed by atoms with Gasteiger partial charge in [0.2, 0.25) is 5.91 Å². The number of rotatable bonds is 3. The van der Waals surface area contributed by atoms with Crippen LogP contribution in [0.1, 0.15) is 12.5 Å². The minimum absolute atomic E-state index is 0.223. The maximum Gasteiger partial charge on any atom is 0.241 e. The third kappa shape index (κ3) is 2.95. The molecule has 4 heteroatoms. The van der Waals surface area contributed by atoms with Crippen molar-refractivity contribution >= 4 is 11.6 Å². The van der Waals surface area contributed by atoms with Gasteiger partial charge in [0, 0.05) is 0 Å². The molecule has 1 rings (SSSR count). The van der Waals surface area contributed by atoms with Gasteiger partial charge in [0.25, 0.3) is 0 Å². The van der Waals surface area contributed by atoms with Crippen LogP contribution < -0.4 is 15.8 Å². The molecular formula is C11H16N2O2. The number of methoxy groups -OCH3 is 1. The Hall–Kier alpha value is -1.55. The summed E-state index contributed by atoms with van der Waals surface area (Å²) < 4.78 is 5.13. The standard InChI is InChI=1S/C11H16N2O2/c1-7-4-5-10(15-3)9(6-7)13-11(14)8(2)12/h4-6,8H,12H2,1-3H3,(H,13,14)/t8-/m1/s1. The number of nitrogens with one attached hydrogen (secondary N) is 1. The molecule has 0 bridgehead atoms. The van der Waals surface area contributed by atoms with E-state index in [2.05, 4.69) is 5.32 Å². The van der Waals surface area contributed by atoms with Crippen LogP contribution in [0.2, 0.25) is 0 Å². The minimum atomic E-state index is -0.532. The number of carbonyl (C=O) groups is 1. The van der Waals surface area contributed by atoms with Gasteiger partial charge in [0.05, 0.1) is 18.8 Å². The van der Waals surface area contributed by atoms with E-state index in [9.17, 15) is 4.79 Å². The van der Waals surface area contributed by atoms with Crippen LogP contribution in [0.15, 0.2) is 18.2 Å². The first-order valence-electron chi connectivity index (χ1n) is 4.75. The Morgan fingerprint density at radius 3 is 2.73 bits per heavy atom.